The Morgan fingerprint density at radius 3 is 2.55 bits per heavy atom. The largest absolute Gasteiger partial charge is 0.481 e. The number of hydrogen-bond donors (Lipinski definition) is 2. The van der Waals surface area contributed by atoms with Crippen molar-refractivity contribution in [3.05, 3.63) is 29.3 Å². The zero-order valence-electron chi connectivity index (χ0n) is 12.3. The third-order valence-corrected chi connectivity index (χ3v) is 3.93. The molecule has 0 aliphatic heterocycles. The SMILES string of the molecule is Cc1ccc(C)c(SCC(=O)NC(C)(C)CC(=O)O)c1. The monoisotopic (exact) mass is 295 g/mol. The predicted octanol–water partition coefficient (Wildman–Crippen LogP) is 2.77. The lowest BCUT2D eigenvalue weighted by atomic mass is 10.0. The number of aryl methyl sites for hydroxylation is 2. The van der Waals surface area contributed by atoms with Crippen LogP contribution in [0.2, 0.25) is 0 Å². The highest BCUT2D eigenvalue weighted by Crippen LogP contribution is 2.23. The Kier molecular flexibility index (Phi) is 5.62. The Hall–Kier alpha value is -1.49. The standard InChI is InChI=1S/C15H21NO3S/c1-10-5-6-11(2)12(7-10)20-9-13(17)16-15(3,4)8-14(18)19/h5-7H,8-9H2,1-4H3,(H,16,17)(H,18,19). The van der Waals surface area contributed by atoms with Gasteiger partial charge in [0.2, 0.25) is 5.91 Å². The molecule has 5 heteroatoms. The van der Waals surface area contributed by atoms with Crippen LogP contribution in [0.15, 0.2) is 23.1 Å². The minimum absolute atomic E-state index is 0.0904. The summed E-state index contributed by atoms with van der Waals surface area (Å²) in [4.78, 5) is 23.7. The van der Waals surface area contributed by atoms with Crippen molar-refractivity contribution in [3.63, 3.8) is 0 Å². The van der Waals surface area contributed by atoms with Gasteiger partial charge in [-0.25, -0.2) is 0 Å². The van der Waals surface area contributed by atoms with E-state index in [1.54, 1.807) is 13.8 Å². The lowest BCUT2D eigenvalue weighted by Crippen LogP contribution is -2.45. The topological polar surface area (TPSA) is 66.4 Å². The summed E-state index contributed by atoms with van der Waals surface area (Å²) < 4.78 is 0. The number of amides is 1. The first-order valence-corrected chi connectivity index (χ1v) is 7.41. The van der Waals surface area contributed by atoms with E-state index in [1.165, 1.54) is 11.8 Å². The molecule has 0 heterocycles. The van der Waals surface area contributed by atoms with Gasteiger partial charge in [0.05, 0.1) is 12.2 Å². The zero-order chi connectivity index (χ0) is 15.3. The van der Waals surface area contributed by atoms with Crippen LogP contribution in [0.1, 0.15) is 31.4 Å². The van der Waals surface area contributed by atoms with Crippen molar-refractivity contribution >= 4 is 23.6 Å². The number of hydrogen-bond acceptors (Lipinski definition) is 3. The second kappa shape index (κ2) is 6.79. The van der Waals surface area contributed by atoms with Gasteiger partial charge < -0.3 is 10.4 Å². The molecule has 0 aliphatic rings. The number of rotatable bonds is 6. The fraction of sp³-hybridized carbons (Fsp3) is 0.467. The van der Waals surface area contributed by atoms with Crippen LogP contribution in [0.5, 0.6) is 0 Å². The van der Waals surface area contributed by atoms with Gasteiger partial charge in [-0.2, -0.15) is 0 Å². The van der Waals surface area contributed by atoms with Crippen LogP contribution in [0, 0.1) is 13.8 Å². The van der Waals surface area contributed by atoms with Crippen molar-refractivity contribution < 1.29 is 14.7 Å². The second-order valence-electron chi connectivity index (χ2n) is 5.56. The average molecular weight is 295 g/mol. The van der Waals surface area contributed by atoms with Crippen molar-refractivity contribution in [2.45, 2.75) is 44.6 Å². The van der Waals surface area contributed by atoms with E-state index in [4.69, 9.17) is 5.11 Å². The Labute approximate surface area is 124 Å². The van der Waals surface area contributed by atoms with Crippen LogP contribution < -0.4 is 5.32 Å². The number of thioether (sulfide) groups is 1. The first-order chi connectivity index (χ1) is 9.19. The van der Waals surface area contributed by atoms with Crippen LogP contribution in [0.3, 0.4) is 0 Å². The molecule has 0 atom stereocenters. The number of carbonyl (C=O) groups excluding carboxylic acids is 1. The van der Waals surface area contributed by atoms with Crippen LogP contribution in [-0.4, -0.2) is 28.3 Å². The van der Waals surface area contributed by atoms with Gasteiger partial charge in [0, 0.05) is 10.4 Å². The first kappa shape index (κ1) is 16.6. The number of carbonyl (C=O) groups is 2. The number of aliphatic carboxylic acids is 1. The fourth-order valence-corrected chi connectivity index (χ4v) is 2.77. The predicted molar refractivity (Wildman–Crippen MR) is 81.1 cm³/mol. The van der Waals surface area contributed by atoms with Gasteiger partial charge in [0.15, 0.2) is 0 Å². The molecule has 0 saturated heterocycles. The van der Waals surface area contributed by atoms with Gasteiger partial charge in [0.1, 0.15) is 0 Å². The molecular formula is C15H21NO3S. The Morgan fingerprint density at radius 1 is 1.30 bits per heavy atom. The summed E-state index contributed by atoms with van der Waals surface area (Å²) in [6.45, 7) is 7.44. The lowest BCUT2D eigenvalue weighted by molar-refractivity contribution is -0.138. The van der Waals surface area contributed by atoms with Gasteiger partial charge in [0.25, 0.3) is 0 Å². The van der Waals surface area contributed by atoms with Crippen molar-refractivity contribution in [1.82, 2.24) is 5.32 Å². The molecule has 0 unspecified atom stereocenters. The van der Waals surface area contributed by atoms with Gasteiger partial charge in [-0.05, 0) is 39.3 Å². The Morgan fingerprint density at radius 2 is 1.95 bits per heavy atom. The van der Waals surface area contributed by atoms with E-state index in [2.05, 4.69) is 11.4 Å². The third-order valence-electron chi connectivity index (χ3n) is 2.77. The normalized spacial score (nSPS) is 11.2. The Balaban J connectivity index is 2.55. The molecule has 20 heavy (non-hydrogen) atoms. The molecule has 2 N–H and O–H groups in total. The van der Waals surface area contributed by atoms with E-state index in [9.17, 15) is 9.59 Å². The molecule has 0 spiro atoms. The Bertz CT molecular complexity index is 512. The van der Waals surface area contributed by atoms with Crippen molar-refractivity contribution in [3.8, 4) is 0 Å². The van der Waals surface area contributed by atoms with Crippen LogP contribution in [0.4, 0.5) is 0 Å². The average Bonchev–Trinajstić information content (AvgIpc) is 2.27. The lowest BCUT2D eigenvalue weighted by Gasteiger charge is -2.24. The van der Waals surface area contributed by atoms with E-state index in [0.29, 0.717) is 0 Å². The summed E-state index contributed by atoms with van der Waals surface area (Å²) in [5.74, 6) is -0.785. The second-order valence-corrected chi connectivity index (χ2v) is 6.58. The molecule has 1 amide bonds. The molecule has 0 aromatic heterocycles. The third kappa shape index (κ3) is 5.65. The molecule has 110 valence electrons. The summed E-state index contributed by atoms with van der Waals surface area (Å²) in [6, 6.07) is 6.12. The maximum atomic E-state index is 11.9. The van der Waals surface area contributed by atoms with Crippen LogP contribution in [0.25, 0.3) is 0 Å². The van der Waals surface area contributed by atoms with Gasteiger partial charge >= 0.3 is 5.97 Å². The maximum absolute atomic E-state index is 11.9. The van der Waals surface area contributed by atoms with Gasteiger partial charge in [-0.1, -0.05) is 17.7 Å². The van der Waals surface area contributed by atoms with E-state index in [1.807, 2.05) is 26.0 Å². The highest BCUT2D eigenvalue weighted by Gasteiger charge is 2.23. The highest BCUT2D eigenvalue weighted by atomic mass is 32.2. The van der Waals surface area contributed by atoms with Crippen molar-refractivity contribution in [2.24, 2.45) is 0 Å². The minimum atomic E-state index is -0.919. The van der Waals surface area contributed by atoms with Gasteiger partial charge in [-0.15, -0.1) is 11.8 Å². The van der Waals surface area contributed by atoms with Gasteiger partial charge in [-0.3, -0.25) is 9.59 Å². The first-order valence-electron chi connectivity index (χ1n) is 6.42. The molecule has 0 bridgehead atoms. The summed E-state index contributed by atoms with van der Waals surface area (Å²) in [5.41, 5.74) is 1.56. The molecule has 0 radical (unpaired) electrons. The van der Waals surface area contributed by atoms with Crippen molar-refractivity contribution in [2.75, 3.05) is 5.75 Å². The molecule has 1 aromatic carbocycles. The van der Waals surface area contributed by atoms with E-state index >= 15 is 0 Å². The van der Waals surface area contributed by atoms with E-state index in [0.717, 1.165) is 16.0 Å². The number of carboxylic acids is 1. The molecule has 0 aliphatic carbocycles. The molecule has 1 rings (SSSR count). The fourth-order valence-electron chi connectivity index (χ4n) is 1.84. The number of benzene rings is 1. The van der Waals surface area contributed by atoms with Crippen LogP contribution >= 0.6 is 11.8 Å². The quantitative estimate of drug-likeness (QED) is 0.792. The molecule has 1 aromatic rings. The number of carboxylic acid groups (broad SMARTS) is 1. The van der Waals surface area contributed by atoms with E-state index in [-0.39, 0.29) is 18.1 Å². The maximum Gasteiger partial charge on any atom is 0.305 e. The molecule has 0 saturated carbocycles. The molecular weight excluding hydrogens is 274 g/mol. The highest BCUT2D eigenvalue weighted by molar-refractivity contribution is 8.00. The summed E-state index contributed by atoms with van der Waals surface area (Å²) >= 11 is 1.47. The number of nitrogens with one attached hydrogen (secondary N) is 1. The summed E-state index contributed by atoms with van der Waals surface area (Å²) in [6.07, 6.45) is -0.0904. The smallest absolute Gasteiger partial charge is 0.305 e. The van der Waals surface area contributed by atoms with Crippen LogP contribution in [-0.2, 0) is 9.59 Å². The molecule has 0 fully saturated rings. The summed E-state index contributed by atoms with van der Waals surface area (Å²) in [7, 11) is 0. The zero-order valence-corrected chi connectivity index (χ0v) is 13.1. The summed E-state index contributed by atoms with van der Waals surface area (Å²) in [5, 5.41) is 11.5. The molecule has 4 nitrogen and oxygen atoms in total. The van der Waals surface area contributed by atoms with E-state index < -0.39 is 11.5 Å². The minimum Gasteiger partial charge on any atom is -0.481 e. The van der Waals surface area contributed by atoms with Crippen molar-refractivity contribution in [1.29, 1.82) is 0 Å².